The van der Waals surface area contributed by atoms with Crippen LogP contribution in [-0.2, 0) is 20.7 Å². The Morgan fingerprint density at radius 3 is 2.50 bits per heavy atom. The zero-order chi connectivity index (χ0) is 27.5. The van der Waals surface area contributed by atoms with E-state index in [1.54, 1.807) is 31.4 Å². The van der Waals surface area contributed by atoms with Crippen molar-refractivity contribution in [1.29, 1.82) is 5.41 Å². The van der Waals surface area contributed by atoms with Crippen LogP contribution >= 0.6 is 11.6 Å². The minimum Gasteiger partial charge on any atom is -0.497 e. The number of carbonyl (C=O) groups excluding carboxylic acids is 1. The average Bonchev–Trinajstić information content (AvgIpc) is 3.28. The minimum absolute atomic E-state index is 0.107. The lowest BCUT2D eigenvalue weighted by Gasteiger charge is -2.18. The molecule has 2 aromatic carbocycles. The van der Waals surface area contributed by atoms with Gasteiger partial charge in [-0.2, -0.15) is 0 Å². The molecule has 0 fully saturated rings. The molecular formula is C27H35ClN6O4. The third-order valence-electron chi connectivity index (χ3n) is 5.85. The molecule has 3 rings (SSSR count). The molecule has 1 atom stereocenters. The number of rotatable bonds is 15. The van der Waals surface area contributed by atoms with Gasteiger partial charge in [-0.3, -0.25) is 14.8 Å². The predicted octanol–water partition coefficient (Wildman–Crippen LogP) is 2.94. The van der Waals surface area contributed by atoms with Gasteiger partial charge in [0.05, 0.1) is 44.9 Å². The van der Waals surface area contributed by atoms with E-state index in [1.165, 1.54) is 0 Å². The molecule has 10 nitrogen and oxygen atoms in total. The molecule has 0 bridgehead atoms. The fraction of sp³-hybridized carbons (Fsp3) is 0.407. The molecule has 3 aromatic rings. The van der Waals surface area contributed by atoms with Gasteiger partial charge in [-0.1, -0.05) is 30.7 Å². The largest absolute Gasteiger partial charge is 0.497 e. The Balaban J connectivity index is 1.73. The number of methoxy groups -OCH3 is 1. The highest BCUT2D eigenvalue weighted by atomic mass is 35.5. The van der Waals surface area contributed by atoms with Crippen molar-refractivity contribution in [2.75, 3.05) is 46.6 Å². The van der Waals surface area contributed by atoms with Gasteiger partial charge in [0.1, 0.15) is 17.4 Å². The number of nitrogens with zero attached hydrogens (tertiary/aromatic N) is 3. The van der Waals surface area contributed by atoms with Crippen molar-refractivity contribution in [3.63, 3.8) is 0 Å². The smallest absolute Gasteiger partial charge is 0.223 e. The molecular weight excluding hydrogens is 508 g/mol. The highest BCUT2D eigenvalue weighted by molar-refractivity contribution is 6.30. The van der Waals surface area contributed by atoms with Crippen LogP contribution in [0.4, 0.5) is 0 Å². The first-order valence-corrected chi connectivity index (χ1v) is 12.8. The van der Waals surface area contributed by atoms with E-state index in [-0.39, 0.29) is 11.8 Å². The van der Waals surface area contributed by atoms with Crippen LogP contribution in [0, 0.1) is 18.3 Å². The summed E-state index contributed by atoms with van der Waals surface area (Å²) in [5.41, 5.74) is 7.74. The van der Waals surface area contributed by atoms with Crippen LogP contribution < -0.4 is 15.8 Å². The van der Waals surface area contributed by atoms with E-state index in [9.17, 15) is 4.79 Å². The Labute approximate surface area is 227 Å². The van der Waals surface area contributed by atoms with Gasteiger partial charge in [0.2, 0.25) is 5.91 Å². The van der Waals surface area contributed by atoms with Gasteiger partial charge in [-0.25, -0.2) is 0 Å². The fourth-order valence-corrected chi connectivity index (χ4v) is 3.98. The van der Waals surface area contributed by atoms with Crippen molar-refractivity contribution in [2.24, 2.45) is 11.7 Å². The molecule has 0 aliphatic carbocycles. The molecule has 1 unspecified atom stereocenters. The molecule has 204 valence electrons. The third kappa shape index (κ3) is 7.84. The summed E-state index contributed by atoms with van der Waals surface area (Å²) < 4.78 is 18.0. The number of halogens is 1. The number of aromatic nitrogens is 3. The van der Waals surface area contributed by atoms with E-state index in [2.05, 4.69) is 15.5 Å². The van der Waals surface area contributed by atoms with Crippen LogP contribution in [0.2, 0.25) is 5.02 Å². The number of carbonyl (C=O) groups is 1. The lowest BCUT2D eigenvalue weighted by atomic mass is 9.99. The van der Waals surface area contributed by atoms with Gasteiger partial charge in [-0.05, 0) is 37.3 Å². The van der Waals surface area contributed by atoms with E-state index in [0.29, 0.717) is 85.2 Å². The maximum Gasteiger partial charge on any atom is 0.223 e. The molecule has 1 aromatic heterocycles. The number of amides is 1. The van der Waals surface area contributed by atoms with Gasteiger partial charge >= 0.3 is 0 Å². The number of ether oxygens (including phenoxy) is 3. The summed E-state index contributed by atoms with van der Waals surface area (Å²) in [6.45, 7) is 6.37. The number of hydrogen-bond acceptors (Lipinski definition) is 8. The predicted molar refractivity (Wildman–Crippen MR) is 147 cm³/mol. The maximum atomic E-state index is 12.7. The second-order valence-electron chi connectivity index (χ2n) is 8.67. The van der Waals surface area contributed by atoms with Gasteiger partial charge < -0.3 is 25.3 Å². The molecule has 4 N–H and O–H groups in total. The van der Waals surface area contributed by atoms with E-state index >= 15 is 0 Å². The first kappa shape index (κ1) is 29.2. The lowest BCUT2D eigenvalue weighted by molar-refractivity contribution is -0.124. The summed E-state index contributed by atoms with van der Waals surface area (Å²) in [5, 5.41) is 21.0. The van der Waals surface area contributed by atoms with E-state index < -0.39 is 0 Å². The number of nitrogens with one attached hydrogen (secondary N) is 2. The van der Waals surface area contributed by atoms with Crippen molar-refractivity contribution in [1.82, 2.24) is 20.1 Å². The van der Waals surface area contributed by atoms with E-state index in [1.807, 2.05) is 36.6 Å². The standard InChI is InChI=1S/C27H35ClN6O4/c1-18(27(35)31-11-13-38-15-14-37-12-10-29)16-25-33-32-19(2)34(25)24-9-8-22(36-3)17-23(24)26(30)20-4-6-21(28)7-5-20/h4-9,17-18,30H,10-16,29H2,1-3H3,(H,31,35). The molecule has 1 heterocycles. The number of aryl methyl sites for hydroxylation is 1. The first-order chi connectivity index (χ1) is 18.3. The summed E-state index contributed by atoms with van der Waals surface area (Å²) in [4.78, 5) is 12.7. The number of benzene rings is 2. The lowest BCUT2D eigenvalue weighted by Crippen LogP contribution is -2.33. The quantitative estimate of drug-likeness (QED) is 0.198. The van der Waals surface area contributed by atoms with Crippen molar-refractivity contribution >= 4 is 23.2 Å². The maximum absolute atomic E-state index is 12.7. The average molecular weight is 543 g/mol. The van der Waals surface area contributed by atoms with Gasteiger partial charge in [0.15, 0.2) is 0 Å². The van der Waals surface area contributed by atoms with Gasteiger partial charge in [-0.15, -0.1) is 10.2 Å². The Hall–Kier alpha value is -3.31. The highest BCUT2D eigenvalue weighted by Gasteiger charge is 2.22. The SMILES string of the molecule is COc1ccc(-n2c(C)nnc2CC(C)C(=O)NCCOCCOCCN)c(C(=N)c2ccc(Cl)cc2)c1. The first-order valence-electron chi connectivity index (χ1n) is 12.4. The second-order valence-corrected chi connectivity index (χ2v) is 9.11. The second kappa shape index (κ2) is 14.6. The summed E-state index contributed by atoms with van der Waals surface area (Å²) in [5.74, 6) is 1.42. The summed E-state index contributed by atoms with van der Waals surface area (Å²) in [6.07, 6.45) is 0.361. The Morgan fingerprint density at radius 1 is 1.11 bits per heavy atom. The molecule has 0 aliphatic heterocycles. The van der Waals surface area contributed by atoms with Crippen LogP contribution in [0.15, 0.2) is 42.5 Å². The van der Waals surface area contributed by atoms with Crippen LogP contribution in [0.5, 0.6) is 5.75 Å². The fourth-order valence-electron chi connectivity index (χ4n) is 3.85. The summed E-state index contributed by atoms with van der Waals surface area (Å²) in [7, 11) is 1.58. The van der Waals surface area contributed by atoms with Crippen LogP contribution in [0.1, 0.15) is 29.7 Å². The Bertz CT molecular complexity index is 1210. The molecule has 11 heteroatoms. The van der Waals surface area contributed by atoms with Crippen molar-refractivity contribution in [2.45, 2.75) is 20.3 Å². The summed E-state index contributed by atoms with van der Waals surface area (Å²) >= 11 is 6.05. The minimum atomic E-state index is -0.359. The molecule has 38 heavy (non-hydrogen) atoms. The summed E-state index contributed by atoms with van der Waals surface area (Å²) in [6, 6.07) is 12.6. The Kier molecular flexibility index (Phi) is 11.2. The van der Waals surface area contributed by atoms with Gasteiger partial charge in [0, 0.05) is 41.6 Å². The molecule has 0 saturated heterocycles. The monoisotopic (exact) mass is 542 g/mol. The van der Waals surface area contributed by atoms with Crippen molar-refractivity contribution in [3.8, 4) is 11.4 Å². The molecule has 0 aliphatic rings. The molecule has 0 radical (unpaired) electrons. The van der Waals surface area contributed by atoms with E-state index in [4.69, 9.17) is 37.0 Å². The van der Waals surface area contributed by atoms with E-state index in [0.717, 1.165) is 5.69 Å². The zero-order valence-electron chi connectivity index (χ0n) is 22.0. The molecule has 0 spiro atoms. The zero-order valence-corrected chi connectivity index (χ0v) is 22.8. The molecule has 1 amide bonds. The number of hydrogen-bond donors (Lipinski definition) is 3. The van der Waals surface area contributed by atoms with Crippen LogP contribution in [0.25, 0.3) is 5.69 Å². The highest BCUT2D eigenvalue weighted by Crippen LogP contribution is 2.27. The Morgan fingerprint density at radius 2 is 1.82 bits per heavy atom. The van der Waals surface area contributed by atoms with Crippen LogP contribution in [0.3, 0.4) is 0 Å². The van der Waals surface area contributed by atoms with Crippen molar-refractivity contribution in [3.05, 3.63) is 70.3 Å². The van der Waals surface area contributed by atoms with Crippen molar-refractivity contribution < 1.29 is 19.0 Å². The van der Waals surface area contributed by atoms with Gasteiger partial charge in [0.25, 0.3) is 0 Å². The molecule has 0 saturated carbocycles. The number of nitrogens with two attached hydrogens (primary N) is 1. The normalized spacial score (nSPS) is 11.8. The third-order valence-corrected chi connectivity index (χ3v) is 6.11. The topological polar surface area (TPSA) is 137 Å². The van der Waals surface area contributed by atoms with Crippen LogP contribution in [-0.4, -0.2) is 73.0 Å².